The average molecular weight is 361 g/mol. The molecular formula is C21H31NO4. The number of ether oxygens (including phenoxy) is 1. The number of aliphatic hydroxyl groups excluding tert-OH is 2. The van der Waals surface area contributed by atoms with Gasteiger partial charge < -0.3 is 20.3 Å². The molecule has 0 saturated carbocycles. The minimum absolute atomic E-state index is 0.439. The Bertz CT molecular complexity index is 608. The number of carbonyl (C=O) groups excluding carboxylic acids is 1. The topological polar surface area (TPSA) is 78.8 Å². The number of hydrogen-bond acceptors (Lipinski definition) is 4. The molecule has 0 aliphatic heterocycles. The smallest absolute Gasteiger partial charge is 0.408 e. The maximum absolute atomic E-state index is 11.7. The summed E-state index contributed by atoms with van der Waals surface area (Å²) < 4.78 is 5.12. The molecule has 0 radical (unpaired) electrons. The first kappa shape index (κ1) is 22.0. The lowest BCUT2D eigenvalue weighted by Gasteiger charge is -2.23. The Morgan fingerprint density at radius 2 is 1.88 bits per heavy atom. The van der Waals surface area contributed by atoms with Crippen molar-refractivity contribution in [2.75, 3.05) is 6.61 Å². The van der Waals surface area contributed by atoms with Gasteiger partial charge in [0.15, 0.2) is 0 Å². The number of unbranched alkanes of at least 4 members (excludes halogenated alkanes) is 2. The predicted octanol–water partition coefficient (Wildman–Crippen LogP) is 3.02. The van der Waals surface area contributed by atoms with Crippen LogP contribution in [0.1, 0.15) is 58.1 Å². The largest absolute Gasteiger partial charge is 0.444 e. The van der Waals surface area contributed by atoms with E-state index in [9.17, 15) is 15.0 Å². The molecule has 0 bridgehead atoms. The van der Waals surface area contributed by atoms with Crippen LogP contribution in [-0.4, -0.2) is 40.7 Å². The summed E-state index contributed by atoms with van der Waals surface area (Å²) in [6, 6.07) is 6.99. The van der Waals surface area contributed by atoms with Crippen LogP contribution < -0.4 is 5.32 Å². The second-order valence-corrected chi connectivity index (χ2v) is 7.30. The summed E-state index contributed by atoms with van der Waals surface area (Å²) in [7, 11) is 0. The third-order valence-electron chi connectivity index (χ3n) is 3.67. The number of aryl methyl sites for hydroxylation is 1. The van der Waals surface area contributed by atoms with E-state index in [1.807, 2.05) is 24.3 Å². The van der Waals surface area contributed by atoms with Gasteiger partial charge in [-0.05, 0) is 51.3 Å². The van der Waals surface area contributed by atoms with Crippen LogP contribution in [0, 0.1) is 11.8 Å². The standard InChI is InChI=1S/C21H31NO4/c1-5-6-7-8-16-9-11-17(12-10-16)13-14-19(24)18(15-23)22-20(25)26-21(2,3)4/h9-12,18-19,23-24H,5-8,15H2,1-4H3,(H,22,25)/t18-,19+/m0/s1. The Morgan fingerprint density at radius 3 is 2.42 bits per heavy atom. The predicted molar refractivity (Wildman–Crippen MR) is 103 cm³/mol. The summed E-state index contributed by atoms with van der Waals surface area (Å²) in [4.78, 5) is 11.7. The minimum atomic E-state index is -1.20. The molecule has 0 aromatic heterocycles. The molecule has 5 nitrogen and oxygen atoms in total. The van der Waals surface area contributed by atoms with Gasteiger partial charge in [0.05, 0.1) is 12.6 Å². The fourth-order valence-corrected chi connectivity index (χ4v) is 2.28. The van der Waals surface area contributed by atoms with Crippen LogP contribution in [0.3, 0.4) is 0 Å². The highest BCUT2D eigenvalue weighted by Gasteiger charge is 2.22. The van der Waals surface area contributed by atoms with Crippen molar-refractivity contribution in [3.05, 3.63) is 35.4 Å². The van der Waals surface area contributed by atoms with Crippen molar-refractivity contribution in [3.63, 3.8) is 0 Å². The number of rotatable bonds is 7. The lowest BCUT2D eigenvalue weighted by molar-refractivity contribution is 0.0413. The summed E-state index contributed by atoms with van der Waals surface area (Å²) in [5, 5.41) is 21.9. The van der Waals surface area contributed by atoms with E-state index >= 15 is 0 Å². The van der Waals surface area contributed by atoms with E-state index < -0.39 is 30.4 Å². The SMILES string of the molecule is CCCCCc1ccc(C#C[C@@H](O)[C@H](CO)NC(=O)OC(C)(C)C)cc1. The van der Waals surface area contributed by atoms with Gasteiger partial charge in [0.2, 0.25) is 0 Å². The van der Waals surface area contributed by atoms with Crippen molar-refractivity contribution in [3.8, 4) is 11.8 Å². The van der Waals surface area contributed by atoms with Gasteiger partial charge >= 0.3 is 6.09 Å². The van der Waals surface area contributed by atoms with Gasteiger partial charge in [0, 0.05) is 5.56 Å². The molecule has 1 aromatic rings. The fraction of sp³-hybridized carbons (Fsp3) is 0.571. The van der Waals surface area contributed by atoms with E-state index in [0.29, 0.717) is 0 Å². The Morgan fingerprint density at radius 1 is 1.23 bits per heavy atom. The maximum Gasteiger partial charge on any atom is 0.408 e. The maximum atomic E-state index is 11.7. The van der Waals surface area contributed by atoms with Crippen molar-refractivity contribution >= 4 is 6.09 Å². The first-order chi connectivity index (χ1) is 12.2. The number of nitrogens with one attached hydrogen (secondary N) is 1. The quantitative estimate of drug-likeness (QED) is 0.515. The first-order valence-corrected chi connectivity index (χ1v) is 9.14. The van der Waals surface area contributed by atoms with Gasteiger partial charge in [-0.1, -0.05) is 43.7 Å². The van der Waals surface area contributed by atoms with Gasteiger partial charge in [-0.25, -0.2) is 4.79 Å². The van der Waals surface area contributed by atoms with Crippen molar-refractivity contribution in [2.24, 2.45) is 0 Å². The van der Waals surface area contributed by atoms with Crippen LogP contribution in [0.4, 0.5) is 4.79 Å². The van der Waals surface area contributed by atoms with Crippen molar-refractivity contribution in [1.29, 1.82) is 0 Å². The monoisotopic (exact) mass is 361 g/mol. The van der Waals surface area contributed by atoms with E-state index in [2.05, 4.69) is 24.1 Å². The van der Waals surface area contributed by atoms with E-state index in [1.165, 1.54) is 24.8 Å². The molecule has 0 saturated heterocycles. The fourth-order valence-electron chi connectivity index (χ4n) is 2.28. The molecule has 2 atom stereocenters. The van der Waals surface area contributed by atoms with Gasteiger partial charge in [0.1, 0.15) is 11.7 Å². The third-order valence-corrected chi connectivity index (χ3v) is 3.67. The molecule has 3 N–H and O–H groups in total. The number of amides is 1. The van der Waals surface area contributed by atoms with Crippen molar-refractivity contribution in [1.82, 2.24) is 5.32 Å². The zero-order valence-corrected chi connectivity index (χ0v) is 16.2. The molecule has 0 spiro atoms. The molecule has 144 valence electrons. The molecule has 0 unspecified atom stereocenters. The van der Waals surface area contributed by atoms with E-state index in [4.69, 9.17) is 4.74 Å². The summed E-state index contributed by atoms with van der Waals surface area (Å²) >= 11 is 0. The first-order valence-electron chi connectivity index (χ1n) is 9.14. The molecule has 0 aliphatic carbocycles. The number of alkyl carbamates (subject to hydrolysis) is 1. The Labute approximate surface area is 156 Å². The van der Waals surface area contributed by atoms with Crippen LogP contribution in [-0.2, 0) is 11.2 Å². The van der Waals surface area contributed by atoms with E-state index in [0.717, 1.165) is 12.0 Å². The summed E-state index contributed by atoms with van der Waals surface area (Å²) in [6.07, 6.45) is 2.75. The van der Waals surface area contributed by atoms with E-state index in [-0.39, 0.29) is 0 Å². The molecule has 5 heteroatoms. The van der Waals surface area contributed by atoms with Crippen molar-refractivity contribution < 1.29 is 19.7 Å². The Hall–Kier alpha value is -2.03. The minimum Gasteiger partial charge on any atom is -0.444 e. The second-order valence-electron chi connectivity index (χ2n) is 7.30. The molecule has 0 fully saturated rings. The molecule has 0 aliphatic rings. The molecule has 1 rings (SSSR count). The molecule has 1 aromatic carbocycles. The normalized spacial score (nSPS) is 13.3. The van der Waals surface area contributed by atoms with Gasteiger partial charge in [-0.2, -0.15) is 0 Å². The summed E-state index contributed by atoms with van der Waals surface area (Å²) in [6.45, 7) is 6.96. The Balaban J connectivity index is 2.62. The van der Waals surface area contributed by atoms with Crippen LogP contribution in [0.25, 0.3) is 0 Å². The number of benzene rings is 1. The lowest BCUT2D eigenvalue weighted by Crippen LogP contribution is -2.47. The molecule has 0 heterocycles. The Kier molecular flexibility index (Phi) is 9.18. The number of aliphatic hydroxyl groups is 2. The highest BCUT2D eigenvalue weighted by molar-refractivity contribution is 5.68. The van der Waals surface area contributed by atoms with Gasteiger partial charge in [-0.3, -0.25) is 0 Å². The third kappa shape index (κ3) is 8.89. The summed E-state index contributed by atoms with van der Waals surface area (Å²) in [5.41, 5.74) is 1.39. The van der Waals surface area contributed by atoms with Gasteiger partial charge in [-0.15, -0.1) is 0 Å². The molecular weight excluding hydrogens is 330 g/mol. The van der Waals surface area contributed by atoms with Crippen molar-refractivity contribution in [2.45, 2.75) is 71.1 Å². The number of carbonyl (C=O) groups is 1. The lowest BCUT2D eigenvalue weighted by atomic mass is 10.1. The second kappa shape index (κ2) is 10.8. The van der Waals surface area contributed by atoms with Crippen LogP contribution in [0.2, 0.25) is 0 Å². The zero-order valence-electron chi connectivity index (χ0n) is 16.2. The zero-order chi connectivity index (χ0) is 19.6. The van der Waals surface area contributed by atoms with E-state index in [1.54, 1.807) is 20.8 Å². The van der Waals surface area contributed by atoms with Crippen LogP contribution >= 0.6 is 0 Å². The van der Waals surface area contributed by atoms with Gasteiger partial charge in [0.25, 0.3) is 0 Å². The average Bonchev–Trinajstić information content (AvgIpc) is 2.57. The highest BCUT2D eigenvalue weighted by atomic mass is 16.6. The summed E-state index contributed by atoms with van der Waals surface area (Å²) in [5.74, 6) is 5.54. The molecule has 26 heavy (non-hydrogen) atoms. The van der Waals surface area contributed by atoms with Crippen LogP contribution in [0.5, 0.6) is 0 Å². The highest BCUT2D eigenvalue weighted by Crippen LogP contribution is 2.09. The van der Waals surface area contributed by atoms with Crippen LogP contribution in [0.15, 0.2) is 24.3 Å². The number of hydrogen-bond donors (Lipinski definition) is 3. The molecule has 1 amide bonds.